The summed E-state index contributed by atoms with van der Waals surface area (Å²) in [7, 11) is -4.18. The molecule has 0 bridgehead atoms. The summed E-state index contributed by atoms with van der Waals surface area (Å²) in [5, 5.41) is 10.7. The first kappa shape index (κ1) is 14.6. The van der Waals surface area contributed by atoms with Crippen molar-refractivity contribution in [1.29, 1.82) is 0 Å². The first-order chi connectivity index (χ1) is 9.40. The standard InChI is InChI=1S/C11H9FN2O4S2/c12-7-4-8(6-13-5-7)20(17,18)14-10(11(15)16)9-2-1-3-19-9/h1-6,10,14H,(H,15,16). The normalized spacial score (nSPS) is 13.1. The number of hydrogen-bond donors (Lipinski definition) is 2. The number of carboxylic acid groups (broad SMARTS) is 1. The number of aliphatic carboxylic acids is 1. The van der Waals surface area contributed by atoms with Gasteiger partial charge in [0, 0.05) is 11.1 Å². The minimum atomic E-state index is -4.18. The van der Waals surface area contributed by atoms with E-state index in [1.165, 1.54) is 6.07 Å². The van der Waals surface area contributed by atoms with E-state index in [9.17, 15) is 17.6 Å². The molecule has 2 aromatic heterocycles. The maximum atomic E-state index is 13.0. The van der Waals surface area contributed by atoms with E-state index in [0.29, 0.717) is 4.88 Å². The average molecular weight is 316 g/mol. The van der Waals surface area contributed by atoms with Gasteiger partial charge in [0.25, 0.3) is 0 Å². The zero-order chi connectivity index (χ0) is 14.8. The van der Waals surface area contributed by atoms with Crippen molar-refractivity contribution in [2.24, 2.45) is 0 Å². The van der Waals surface area contributed by atoms with E-state index in [-0.39, 0.29) is 0 Å². The predicted octanol–water partition coefficient (Wildman–Crippen LogP) is 1.39. The van der Waals surface area contributed by atoms with Gasteiger partial charge < -0.3 is 5.11 Å². The molecule has 0 aliphatic rings. The summed E-state index contributed by atoms with van der Waals surface area (Å²) in [6.45, 7) is 0. The molecular weight excluding hydrogens is 307 g/mol. The van der Waals surface area contributed by atoms with Crippen LogP contribution in [-0.4, -0.2) is 24.5 Å². The first-order valence-electron chi connectivity index (χ1n) is 5.29. The Balaban J connectivity index is 2.33. The van der Waals surface area contributed by atoms with E-state index in [4.69, 9.17) is 5.11 Å². The van der Waals surface area contributed by atoms with E-state index in [2.05, 4.69) is 4.98 Å². The number of carbonyl (C=O) groups is 1. The van der Waals surface area contributed by atoms with Gasteiger partial charge >= 0.3 is 5.97 Å². The summed E-state index contributed by atoms with van der Waals surface area (Å²) >= 11 is 1.10. The van der Waals surface area contributed by atoms with Crippen molar-refractivity contribution in [3.05, 3.63) is 46.7 Å². The van der Waals surface area contributed by atoms with Crippen molar-refractivity contribution in [2.45, 2.75) is 10.9 Å². The number of nitrogens with zero attached hydrogens (tertiary/aromatic N) is 1. The summed E-state index contributed by atoms with van der Waals surface area (Å²) < 4.78 is 39.0. The van der Waals surface area contributed by atoms with Crippen LogP contribution in [0.1, 0.15) is 10.9 Å². The minimum absolute atomic E-state index is 0.324. The number of pyridine rings is 1. The highest BCUT2D eigenvalue weighted by molar-refractivity contribution is 7.89. The van der Waals surface area contributed by atoms with E-state index in [1.807, 2.05) is 4.72 Å². The zero-order valence-electron chi connectivity index (χ0n) is 9.86. The number of carboxylic acids is 1. The van der Waals surface area contributed by atoms with Crippen LogP contribution < -0.4 is 4.72 Å². The second kappa shape index (κ2) is 5.65. The van der Waals surface area contributed by atoms with Gasteiger partial charge in [-0.1, -0.05) is 6.07 Å². The number of hydrogen-bond acceptors (Lipinski definition) is 5. The molecule has 20 heavy (non-hydrogen) atoms. The van der Waals surface area contributed by atoms with Crippen molar-refractivity contribution in [2.75, 3.05) is 0 Å². The van der Waals surface area contributed by atoms with Crippen LogP contribution in [0, 0.1) is 5.82 Å². The number of sulfonamides is 1. The van der Waals surface area contributed by atoms with Crippen LogP contribution in [0.15, 0.2) is 40.9 Å². The molecule has 1 atom stereocenters. The van der Waals surface area contributed by atoms with Crippen molar-refractivity contribution in [1.82, 2.24) is 9.71 Å². The van der Waals surface area contributed by atoms with Crippen LogP contribution in [0.2, 0.25) is 0 Å². The van der Waals surface area contributed by atoms with Crippen LogP contribution in [0.25, 0.3) is 0 Å². The molecule has 2 N–H and O–H groups in total. The third kappa shape index (κ3) is 3.18. The van der Waals surface area contributed by atoms with E-state index in [1.54, 1.807) is 11.4 Å². The number of halogens is 1. The second-order valence-electron chi connectivity index (χ2n) is 3.75. The van der Waals surface area contributed by atoms with Gasteiger partial charge in [-0.3, -0.25) is 9.78 Å². The first-order valence-corrected chi connectivity index (χ1v) is 7.65. The van der Waals surface area contributed by atoms with Crippen molar-refractivity contribution in [3.8, 4) is 0 Å². The summed E-state index contributed by atoms with van der Waals surface area (Å²) in [4.78, 5) is 14.5. The fourth-order valence-corrected chi connectivity index (χ4v) is 3.43. The van der Waals surface area contributed by atoms with Gasteiger partial charge in [0.1, 0.15) is 10.7 Å². The molecule has 0 aliphatic heterocycles. The van der Waals surface area contributed by atoms with Crippen molar-refractivity contribution >= 4 is 27.3 Å². The van der Waals surface area contributed by atoms with Gasteiger partial charge in [0.2, 0.25) is 10.0 Å². The van der Waals surface area contributed by atoms with Crippen LogP contribution in [0.5, 0.6) is 0 Å². The zero-order valence-corrected chi connectivity index (χ0v) is 11.5. The Labute approximate surface area is 118 Å². The topological polar surface area (TPSA) is 96.4 Å². The molecule has 0 radical (unpaired) electrons. The highest BCUT2D eigenvalue weighted by Crippen LogP contribution is 2.21. The summed E-state index contributed by atoms with van der Waals surface area (Å²) in [6.07, 6.45) is 1.80. The fourth-order valence-electron chi connectivity index (χ4n) is 1.45. The highest BCUT2D eigenvalue weighted by Gasteiger charge is 2.28. The van der Waals surface area contributed by atoms with Crippen LogP contribution in [-0.2, 0) is 14.8 Å². The minimum Gasteiger partial charge on any atom is -0.480 e. The van der Waals surface area contributed by atoms with E-state index >= 15 is 0 Å². The van der Waals surface area contributed by atoms with E-state index in [0.717, 1.165) is 29.8 Å². The SMILES string of the molecule is O=C(O)C(NS(=O)(=O)c1cncc(F)c1)c1cccs1. The Morgan fingerprint density at radius 2 is 2.20 bits per heavy atom. The third-order valence-electron chi connectivity index (χ3n) is 2.34. The van der Waals surface area contributed by atoms with Gasteiger partial charge in [0.05, 0.1) is 6.20 Å². The maximum Gasteiger partial charge on any atom is 0.327 e. The molecule has 2 aromatic rings. The lowest BCUT2D eigenvalue weighted by molar-refractivity contribution is -0.139. The quantitative estimate of drug-likeness (QED) is 0.869. The Morgan fingerprint density at radius 3 is 2.75 bits per heavy atom. The summed E-state index contributed by atoms with van der Waals surface area (Å²) in [5.74, 6) is -2.17. The molecule has 9 heteroatoms. The fraction of sp³-hybridized carbons (Fsp3) is 0.0909. The highest BCUT2D eigenvalue weighted by atomic mass is 32.2. The lowest BCUT2D eigenvalue weighted by Gasteiger charge is -2.13. The lowest BCUT2D eigenvalue weighted by atomic mass is 10.3. The maximum absolute atomic E-state index is 13.0. The monoisotopic (exact) mass is 316 g/mol. The summed E-state index contributed by atoms with van der Waals surface area (Å²) in [5.41, 5.74) is 0. The largest absolute Gasteiger partial charge is 0.480 e. The molecule has 0 aromatic carbocycles. The van der Waals surface area contributed by atoms with Crippen molar-refractivity contribution < 1.29 is 22.7 Å². The molecule has 0 saturated carbocycles. The molecular formula is C11H9FN2O4S2. The van der Waals surface area contributed by atoms with Gasteiger partial charge in [-0.05, 0) is 17.5 Å². The predicted molar refractivity (Wildman–Crippen MR) is 69.2 cm³/mol. The third-order valence-corrected chi connectivity index (χ3v) is 4.66. The number of aromatic nitrogens is 1. The molecule has 1 unspecified atom stereocenters. The number of thiophene rings is 1. The molecule has 6 nitrogen and oxygen atoms in total. The van der Waals surface area contributed by atoms with Gasteiger partial charge in [-0.15, -0.1) is 11.3 Å². The average Bonchev–Trinajstić information content (AvgIpc) is 2.89. The Morgan fingerprint density at radius 1 is 1.45 bits per heavy atom. The van der Waals surface area contributed by atoms with Gasteiger partial charge in [0.15, 0.2) is 6.04 Å². The molecule has 2 heterocycles. The molecule has 2 rings (SSSR count). The van der Waals surface area contributed by atoms with E-state index < -0.39 is 32.7 Å². The smallest absolute Gasteiger partial charge is 0.327 e. The molecule has 0 aliphatic carbocycles. The molecule has 106 valence electrons. The summed E-state index contributed by atoms with van der Waals surface area (Å²) in [6, 6.07) is 2.44. The Hall–Kier alpha value is -1.84. The lowest BCUT2D eigenvalue weighted by Crippen LogP contribution is -2.33. The van der Waals surface area contributed by atoms with Gasteiger partial charge in [-0.2, -0.15) is 4.72 Å². The molecule has 0 amide bonds. The number of rotatable bonds is 5. The molecule has 0 fully saturated rings. The Bertz CT molecular complexity index is 716. The second-order valence-corrected chi connectivity index (χ2v) is 6.44. The Kier molecular flexibility index (Phi) is 4.12. The van der Waals surface area contributed by atoms with Gasteiger partial charge in [-0.25, -0.2) is 12.8 Å². The van der Waals surface area contributed by atoms with Crippen LogP contribution >= 0.6 is 11.3 Å². The molecule has 0 saturated heterocycles. The van der Waals surface area contributed by atoms with Crippen LogP contribution in [0.3, 0.4) is 0 Å². The van der Waals surface area contributed by atoms with Crippen molar-refractivity contribution in [3.63, 3.8) is 0 Å². The van der Waals surface area contributed by atoms with Crippen LogP contribution in [0.4, 0.5) is 4.39 Å². The number of nitrogens with one attached hydrogen (secondary N) is 1. The molecule has 0 spiro atoms.